The predicted molar refractivity (Wildman–Crippen MR) is 102 cm³/mol. The zero-order valence-corrected chi connectivity index (χ0v) is 16.3. The topological polar surface area (TPSA) is 60.2 Å². The number of amides is 1. The van der Waals surface area contributed by atoms with Gasteiger partial charge in [-0.05, 0) is 38.1 Å². The van der Waals surface area contributed by atoms with Crippen LogP contribution in [0.25, 0.3) is 11.0 Å². The third kappa shape index (κ3) is 3.24. The molecule has 136 valence electrons. The molecule has 0 saturated heterocycles. The highest BCUT2D eigenvalue weighted by molar-refractivity contribution is 6.30. The van der Waals surface area contributed by atoms with Crippen molar-refractivity contribution in [3.63, 3.8) is 0 Å². The lowest BCUT2D eigenvalue weighted by Crippen LogP contribution is -2.27. The van der Waals surface area contributed by atoms with E-state index in [-0.39, 0.29) is 5.91 Å². The van der Waals surface area contributed by atoms with Crippen LogP contribution in [0.3, 0.4) is 0 Å². The van der Waals surface area contributed by atoms with E-state index >= 15 is 0 Å². The molecular weight excluding hydrogens is 352 g/mol. The molecule has 7 heteroatoms. The molecule has 2 aromatic heterocycles. The second-order valence-corrected chi connectivity index (χ2v) is 6.77. The first-order valence-corrected chi connectivity index (χ1v) is 8.58. The maximum absolute atomic E-state index is 13.1. The Morgan fingerprint density at radius 1 is 1.31 bits per heavy atom. The van der Waals surface area contributed by atoms with Crippen LogP contribution in [0.2, 0.25) is 5.02 Å². The molecule has 1 aromatic carbocycles. The standard InChI is InChI=1S/C19H21ClN4O2/c1-11-8-15(17-12(2)22-24(4)18(17)21-11)19(25)23(3)10-13-9-14(20)6-7-16(13)26-5/h6-9H,10H2,1-5H3. The quantitative estimate of drug-likeness (QED) is 0.703. The van der Waals surface area contributed by atoms with Crippen molar-refractivity contribution < 1.29 is 9.53 Å². The van der Waals surface area contributed by atoms with Gasteiger partial charge < -0.3 is 9.64 Å². The molecule has 3 aromatic rings. The summed E-state index contributed by atoms with van der Waals surface area (Å²) >= 11 is 6.10. The SMILES string of the molecule is COc1ccc(Cl)cc1CN(C)C(=O)c1cc(C)nc2c1c(C)nn2C. The average molecular weight is 373 g/mol. The number of rotatable bonds is 4. The number of carbonyl (C=O) groups is 1. The minimum Gasteiger partial charge on any atom is -0.496 e. The highest BCUT2D eigenvalue weighted by atomic mass is 35.5. The molecule has 3 rings (SSSR count). The smallest absolute Gasteiger partial charge is 0.254 e. The van der Waals surface area contributed by atoms with E-state index < -0.39 is 0 Å². The molecule has 0 bridgehead atoms. The first-order valence-electron chi connectivity index (χ1n) is 8.20. The minimum absolute atomic E-state index is 0.0985. The molecular formula is C19H21ClN4O2. The van der Waals surface area contributed by atoms with Crippen molar-refractivity contribution in [2.75, 3.05) is 14.2 Å². The number of nitrogens with zero attached hydrogens (tertiary/aromatic N) is 4. The number of carbonyl (C=O) groups excluding carboxylic acids is 1. The third-order valence-corrected chi connectivity index (χ3v) is 4.56. The number of pyridine rings is 1. The van der Waals surface area contributed by atoms with E-state index in [0.29, 0.717) is 28.5 Å². The molecule has 6 nitrogen and oxygen atoms in total. The molecule has 0 aliphatic carbocycles. The number of halogens is 1. The van der Waals surface area contributed by atoms with Gasteiger partial charge in [0.25, 0.3) is 5.91 Å². The monoisotopic (exact) mass is 372 g/mol. The largest absolute Gasteiger partial charge is 0.496 e. The van der Waals surface area contributed by atoms with Crippen LogP contribution in [0.1, 0.15) is 27.3 Å². The van der Waals surface area contributed by atoms with Gasteiger partial charge in [0.2, 0.25) is 0 Å². The molecule has 0 radical (unpaired) electrons. The fraction of sp³-hybridized carbons (Fsp3) is 0.316. The molecule has 0 fully saturated rings. The average Bonchev–Trinajstić information content (AvgIpc) is 2.87. The Balaban J connectivity index is 2.00. The Morgan fingerprint density at radius 3 is 2.73 bits per heavy atom. The van der Waals surface area contributed by atoms with Gasteiger partial charge in [0.1, 0.15) is 5.75 Å². The number of hydrogen-bond acceptors (Lipinski definition) is 4. The van der Waals surface area contributed by atoms with Crippen LogP contribution >= 0.6 is 11.6 Å². The van der Waals surface area contributed by atoms with E-state index in [9.17, 15) is 4.79 Å². The van der Waals surface area contributed by atoms with Gasteiger partial charge in [-0.3, -0.25) is 9.48 Å². The summed E-state index contributed by atoms with van der Waals surface area (Å²) in [6.45, 7) is 4.14. The molecule has 0 spiro atoms. The third-order valence-electron chi connectivity index (χ3n) is 4.32. The Morgan fingerprint density at radius 2 is 2.04 bits per heavy atom. The van der Waals surface area contributed by atoms with Crippen LogP contribution in [-0.2, 0) is 13.6 Å². The zero-order valence-electron chi connectivity index (χ0n) is 15.5. The van der Waals surface area contributed by atoms with Crippen LogP contribution in [0.4, 0.5) is 0 Å². The zero-order chi connectivity index (χ0) is 19.0. The number of hydrogen-bond donors (Lipinski definition) is 0. The van der Waals surface area contributed by atoms with E-state index in [1.165, 1.54) is 0 Å². The van der Waals surface area contributed by atoms with E-state index in [1.54, 1.807) is 35.9 Å². The van der Waals surface area contributed by atoms with Crippen LogP contribution < -0.4 is 4.74 Å². The molecule has 0 aliphatic heterocycles. The van der Waals surface area contributed by atoms with Gasteiger partial charge in [0.15, 0.2) is 5.65 Å². The number of aromatic nitrogens is 3. The molecule has 2 heterocycles. The number of methoxy groups -OCH3 is 1. The lowest BCUT2D eigenvalue weighted by Gasteiger charge is -2.20. The second kappa shape index (κ2) is 6.96. The van der Waals surface area contributed by atoms with Crippen molar-refractivity contribution in [1.82, 2.24) is 19.7 Å². The Bertz CT molecular complexity index is 997. The second-order valence-electron chi connectivity index (χ2n) is 6.34. The Kier molecular flexibility index (Phi) is 4.87. The maximum Gasteiger partial charge on any atom is 0.254 e. The van der Waals surface area contributed by atoms with Crippen molar-refractivity contribution in [3.8, 4) is 5.75 Å². The Labute approximate surface area is 157 Å². The number of fused-ring (bicyclic) bond motifs is 1. The summed E-state index contributed by atoms with van der Waals surface area (Å²) in [6, 6.07) is 7.19. The van der Waals surface area contributed by atoms with Crippen molar-refractivity contribution in [2.45, 2.75) is 20.4 Å². The summed E-state index contributed by atoms with van der Waals surface area (Å²) in [5.41, 5.74) is 3.71. The highest BCUT2D eigenvalue weighted by Gasteiger charge is 2.21. The van der Waals surface area contributed by atoms with E-state index in [0.717, 1.165) is 22.3 Å². The fourth-order valence-electron chi connectivity index (χ4n) is 3.14. The van der Waals surface area contributed by atoms with Gasteiger partial charge in [0, 0.05) is 36.9 Å². The first kappa shape index (κ1) is 18.2. The number of aryl methyl sites for hydroxylation is 3. The highest BCUT2D eigenvalue weighted by Crippen LogP contribution is 2.26. The molecule has 0 saturated carbocycles. The van der Waals surface area contributed by atoms with Crippen molar-refractivity contribution in [3.05, 3.63) is 51.8 Å². The van der Waals surface area contributed by atoms with E-state index in [2.05, 4.69) is 10.1 Å². The van der Waals surface area contributed by atoms with Crippen LogP contribution in [0.15, 0.2) is 24.3 Å². The summed E-state index contributed by atoms with van der Waals surface area (Å²) in [5.74, 6) is 0.598. The summed E-state index contributed by atoms with van der Waals surface area (Å²) in [5, 5.41) is 5.79. The van der Waals surface area contributed by atoms with Crippen LogP contribution in [-0.4, -0.2) is 39.7 Å². The number of benzene rings is 1. The van der Waals surface area contributed by atoms with Gasteiger partial charge in [-0.1, -0.05) is 11.6 Å². The number of ether oxygens (including phenoxy) is 1. The predicted octanol–water partition coefficient (Wildman–Crippen LogP) is 3.52. The van der Waals surface area contributed by atoms with Crippen molar-refractivity contribution >= 4 is 28.5 Å². The van der Waals surface area contributed by atoms with Crippen molar-refractivity contribution in [1.29, 1.82) is 0 Å². The van der Waals surface area contributed by atoms with Gasteiger partial charge in [-0.2, -0.15) is 5.10 Å². The van der Waals surface area contributed by atoms with Crippen LogP contribution in [0, 0.1) is 13.8 Å². The maximum atomic E-state index is 13.1. The summed E-state index contributed by atoms with van der Waals surface area (Å²) < 4.78 is 7.08. The van der Waals surface area contributed by atoms with Crippen LogP contribution in [0.5, 0.6) is 5.75 Å². The van der Waals surface area contributed by atoms with Crippen molar-refractivity contribution in [2.24, 2.45) is 7.05 Å². The lowest BCUT2D eigenvalue weighted by atomic mass is 10.1. The summed E-state index contributed by atoms with van der Waals surface area (Å²) in [4.78, 5) is 19.3. The Hall–Kier alpha value is -2.60. The molecule has 0 aliphatic rings. The molecule has 0 atom stereocenters. The van der Waals surface area contributed by atoms with Gasteiger partial charge in [-0.25, -0.2) is 4.98 Å². The first-order chi connectivity index (χ1) is 12.3. The van der Waals surface area contributed by atoms with Gasteiger partial charge >= 0.3 is 0 Å². The van der Waals surface area contributed by atoms with E-state index in [1.807, 2.05) is 33.0 Å². The molecule has 0 N–H and O–H groups in total. The molecule has 0 unspecified atom stereocenters. The normalized spacial score (nSPS) is 11.0. The summed E-state index contributed by atoms with van der Waals surface area (Å²) in [7, 11) is 5.19. The fourth-order valence-corrected chi connectivity index (χ4v) is 3.34. The molecule has 26 heavy (non-hydrogen) atoms. The summed E-state index contributed by atoms with van der Waals surface area (Å²) in [6.07, 6.45) is 0. The molecule has 1 amide bonds. The van der Waals surface area contributed by atoms with Gasteiger partial charge in [0.05, 0.1) is 23.8 Å². The minimum atomic E-state index is -0.0985. The van der Waals surface area contributed by atoms with Gasteiger partial charge in [-0.15, -0.1) is 0 Å². The van der Waals surface area contributed by atoms with E-state index in [4.69, 9.17) is 16.3 Å². The lowest BCUT2D eigenvalue weighted by molar-refractivity contribution is 0.0786.